The molecule has 0 fully saturated rings. The Kier molecular flexibility index (Phi) is 4.56. The Morgan fingerprint density at radius 3 is 2.60 bits per heavy atom. The van der Waals surface area contributed by atoms with E-state index in [1.165, 1.54) is 0 Å². The van der Waals surface area contributed by atoms with Crippen LogP contribution in [0.3, 0.4) is 0 Å². The maximum absolute atomic E-state index is 13.8. The van der Waals surface area contributed by atoms with Crippen molar-refractivity contribution in [3.05, 3.63) is 29.6 Å². The number of halogens is 1. The lowest BCUT2D eigenvalue weighted by molar-refractivity contribution is 0.143. The van der Waals surface area contributed by atoms with Gasteiger partial charge < -0.3 is 9.47 Å². The molecule has 1 aromatic rings. The van der Waals surface area contributed by atoms with Crippen LogP contribution in [-0.4, -0.2) is 20.3 Å². The lowest BCUT2D eigenvalue weighted by atomic mass is 10.0. The van der Waals surface area contributed by atoms with Gasteiger partial charge in [0.2, 0.25) is 0 Å². The van der Waals surface area contributed by atoms with Gasteiger partial charge in [0.05, 0.1) is 6.61 Å². The zero-order valence-electron chi connectivity index (χ0n) is 9.42. The normalized spacial score (nSPS) is 10.7. The first-order chi connectivity index (χ1) is 7.16. The summed E-state index contributed by atoms with van der Waals surface area (Å²) in [4.78, 5) is 0. The fraction of sp³-hybridized carbons (Fsp3) is 0.500. The molecule has 0 N–H and O–H groups in total. The lowest BCUT2D eigenvalue weighted by Crippen LogP contribution is -2.06. The number of methoxy groups -OCH3 is 1. The van der Waals surface area contributed by atoms with Gasteiger partial charge in [-0.1, -0.05) is 26.0 Å². The van der Waals surface area contributed by atoms with Crippen LogP contribution < -0.4 is 4.74 Å². The summed E-state index contributed by atoms with van der Waals surface area (Å²) in [6, 6.07) is 5.22. The number of ether oxygens (including phenoxy) is 2. The van der Waals surface area contributed by atoms with Gasteiger partial charge in [-0.3, -0.25) is 0 Å². The third-order valence-corrected chi connectivity index (χ3v) is 2.16. The highest BCUT2D eigenvalue weighted by Gasteiger charge is 2.11. The minimum Gasteiger partial charge on any atom is -0.488 e. The lowest BCUT2D eigenvalue weighted by Gasteiger charge is -2.11. The Morgan fingerprint density at radius 2 is 2.00 bits per heavy atom. The van der Waals surface area contributed by atoms with E-state index in [2.05, 4.69) is 0 Å². The average Bonchev–Trinajstić information content (AvgIpc) is 2.20. The molecule has 0 radical (unpaired) electrons. The van der Waals surface area contributed by atoms with Gasteiger partial charge in [0.1, 0.15) is 6.61 Å². The van der Waals surface area contributed by atoms with Crippen LogP contribution in [0.4, 0.5) is 4.39 Å². The van der Waals surface area contributed by atoms with Gasteiger partial charge in [-0.15, -0.1) is 0 Å². The molecule has 3 heteroatoms. The van der Waals surface area contributed by atoms with Crippen molar-refractivity contribution in [3.63, 3.8) is 0 Å². The maximum atomic E-state index is 13.8. The quantitative estimate of drug-likeness (QED) is 0.698. The minimum absolute atomic E-state index is 0.163. The average molecular weight is 212 g/mol. The summed E-state index contributed by atoms with van der Waals surface area (Å²) in [7, 11) is 1.59. The van der Waals surface area contributed by atoms with Crippen molar-refractivity contribution in [3.8, 4) is 5.75 Å². The van der Waals surface area contributed by atoms with Crippen molar-refractivity contribution < 1.29 is 13.9 Å². The van der Waals surface area contributed by atoms with Gasteiger partial charge >= 0.3 is 0 Å². The molecule has 0 saturated carbocycles. The first-order valence-corrected chi connectivity index (χ1v) is 5.07. The molecule has 0 unspecified atom stereocenters. The topological polar surface area (TPSA) is 18.5 Å². The van der Waals surface area contributed by atoms with Crippen LogP contribution in [-0.2, 0) is 4.74 Å². The van der Waals surface area contributed by atoms with Crippen LogP contribution in [0, 0.1) is 5.82 Å². The minimum atomic E-state index is -0.261. The Morgan fingerprint density at radius 1 is 1.27 bits per heavy atom. The van der Waals surface area contributed by atoms with Crippen molar-refractivity contribution in [1.82, 2.24) is 0 Å². The van der Waals surface area contributed by atoms with Gasteiger partial charge in [0, 0.05) is 7.11 Å². The third kappa shape index (κ3) is 3.20. The predicted molar refractivity (Wildman–Crippen MR) is 57.9 cm³/mol. The molecule has 15 heavy (non-hydrogen) atoms. The molecule has 1 rings (SSSR count). The summed E-state index contributed by atoms with van der Waals surface area (Å²) < 4.78 is 23.9. The van der Waals surface area contributed by atoms with Crippen molar-refractivity contribution in [1.29, 1.82) is 0 Å². The molecule has 0 spiro atoms. The van der Waals surface area contributed by atoms with E-state index < -0.39 is 0 Å². The Bertz CT molecular complexity index is 310. The molecule has 0 heterocycles. The highest BCUT2D eigenvalue weighted by Crippen LogP contribution is 2.25. The van der Waals surface area contributed by atoms with Crippen molar-refractivity contribution in [2.75, 3.05) is 20.3 Å². The van der Waals surface area contributed by atoms with Gasteiger partial charge in [0.25, 0.3) is 0 Å². The first kappa shape index (κ1) is 12.0. The van der Waals surface area contributed by atoms with Crippen LogP contribution in [0.5, 0.6) is 5.75 Å². The van der Waals surface area contributed by atoms with Gasteiger partial charge in [-0.25, -0.2) is 4.39 Å². The van der Waals surface area contributed by atoms with E-state index in [1.807, 2.05) is 13.8 Å². The van der Waals surface area contributed by atoms with Crippen molar-refractivity contribution in [2.45, 2.75) is 19.8 Å². The molecule has 0 aromatic heterocycles. The Hall–Kier alpha value is -1.09. The van der Waals surface area contributed by atoms with Gasteiger partial charge in [0.15, 0.2) is 11.6 Å². The SMILES string of the molecule is COCCOc1cccc(C(C)C)c1F. The highest BCUT2D eigenvalue weighted by atomic mass is 19.1. The molecule has 0 amide bonds. The molecule has 0 aliphatic carbocycles. The molecule has 1 aromatic carbocycles. The summed E-state index contributed by atoms with van der Waals surface area (Å²) in [6.07, 6.45) is 0. The highest BCUT2D eigenvalue weighted by molar-refractivity contribution is 5.32. The smallest absolute Gasteiger partial charge is 0.168 e. The molecular weight excluding hydrogens is 195 g/mol. The second-order valence-corrected chi connectivity index (χ2v) is 3.66. The van der Waals surface area contributed by atoms with Gasteiger partial charge in [-0.05, 0) is 17.5 Å². The fourth-order valence-electron chi connectivity index (χ4n) is 1.32. The van der Waals surface area contributed by atoms with Crippen LogP contribution in [0.15, 0.2) is 18.2 Å². The van der Waals surface area contributed by atoms with E-state index >= 15 is 0 Å². The monoisotopic (exact) mass is 212 g/mol. The Labute approximate surface area is 90.0 Å². The Balaban J connectivity index is 2.75. The zero-order chi connectivity index (χ0) is 11.3. The summed E-state index contributed by atoms with van der Waals surface area (Å²) in [5.74, 6) is 0.206. The summed E-state index contributed by atoms with van der Waals surface area (Å²) in [5, 5.41) is 0. The number of hydrogen-bond acceptors (Lipinski definition) is 2. The molecular formula is C12H17FO2. The molecule has 0 atom stereocenters. The second kappa shape index (κ2) is 5.71. The van der Waals surface area contributed by atoms with E-state index in [-0.39, 0.29) is 11.7 Å². The van der Waals surface area contributed by atoms with Crippen molar-refractivity contribution >= 4 is 0 Å². The summed E-state index contributed by atoms with van der Waals surface area (Å²) >= 11 is 0. The van der Waals surface area contributed by atoms with E-state index in [4.69, 9.17) is 9.47 Å². The van der Waals surface area contributed by atoms with Crippen LogP contribution in [0.25, 0.3) is 0 Å². The van der Waals surface area contributed by atoms with Crippen LogP contribution in [0.1, 0.15) is 25.3 Å². The summed E-state index contributed by atoms with van der Waals surface area (Å²) in [6.45, 7) is 4.75. The number of hydrogen-bond donors (Lipinski definition) is 0. The predicted octanol–water partition coefficient (Wildman–Crippen LogP) is 2.97. The number of benzene rings is 1. The van der Waals surface area contributed by atoms with Crippen LogP contribution in [0.2, 0.25) is 0 Å². The van der Waals surface area contributed by atoms with E-state index in [1.54, 1.807) is 25.3 Å². The molecule has 84 valence electrons. The second-order valence-electron chi connectivity index (χ2n) is 3.66. The molecule has 2 nitrogen and oxygen atoms in total. The summed E-state index contributed by atoms with van der Waals surface area (Å²) in [5.41, 5.74) is 0.685. The van der Waals surface area contributed by atoms with Crippen molar-refractivity contribution in [2.24, 2.45) is 0 Å². The van der Waals surface area contributed by atoms with E-state index in [9.17, 15) is 4.39 Å². The maximum Gasteiger partial charge on any atom is 0.168 e. The number of rotatable bonds is 5. The molecule has 0 saturated heterocycles. The van der Waals surface area contributed by atoms with Gasteiger partial charge in [-0.2, -0.15) is 0 Å². The first-order valence-electron chi connectivity index (χ1n) is 5.07. The standard InChI is InChI=1S/C12H17FO2/c1-9(2)10-5-4-6-11(12(10)13)15-8-7-14-3/h4-6,9H,7-8H2,1-3H3. The molecule has 0 aliphatic heterocycles. The van der Waals surface area contributed by atoms with Crippen LogP contribution >= 0.6 is 0 Å². The zero-order valence-corrected chi connectivity index (χ0v) is 9.42. The molecule has 0 bridgehead atoms. The largest absolute Gasteiger partial charge is 0.488 e. The van der Waals surface area contributed by atoms with E-state index in [0.717, 1.165) is 0 Å². The molecule has 0 aliphatic rings. The fourth-order valence-corrected chi connectivity index (χ4v) is 1.32. The van der Waals surface area contributed by atoms with E-state index in [0.29, 0.717) is 24.5 Å². The third-order valence-electron chi connectivity index (χ3n) is 2.16.